The van der Waals surface area contributed by atoms with Crippen LogP contribution >= 0.6 is 0 Å². The van der Waals surface area contributed by atoms with Crippen LogP contribution in [-0.4, -0.2) is 22.2 Å². The van der Waals surface area contributed by atoms with Gasteiger partial charge in [-0.05, 0) is 60.6 Å². The van der Waals surface area contributed by atoms with Crippen LogP contribution in [0.5, 0.6) is 0 Å². The standard InChI is InChI=1S/C22H21N3.C12H7N2O.Ir/c1-16(2)18-5-4-6-20(13-18)25-15-24(3)21-8-7-19(14-22(21)25)17-9-11-23-12-10-17;1-2-6-11-10(5-1)12(14-15-11)9-4-3-7-13-8-9;/h4-5,7-16H,1-3H3;1-7H;/q-2;-1;+3. The molecule has 7 rings (SSSR count). The molecule has 0 fully saturated rings. The van der Waals surface area contributed by atoms with Crippen molar-refractivity contribution in [2.24, 2.45) is 0 Å². The molecule has 0 saturated carbocycles. The molecule has 0 N–H and O–H groups in total. The van der Waals surface area contributed by atoms with Crippen molar-refractivity contribution >= 4 is 28.0 Å². The fourth-order valence-corrected chi connectivity index (χ4v) is 4.74. The van der Waals surface area contributed by atoms with Gasteiger partial charge in [0.05, 0.1) is 0 Å². The van der Waals surface area contributed by atoms with E-state index in [1.807, 2.05) is 67.0 Å². The van der Waals surface area contributed by atoms with Crippen LogP contribution in [0.4, 0.5) is 17.1 Å². The number of hydrogen-bond acceptors (Lipinski definition) is 6. The molecule has 3 aromatic carbocycles. The van der Waals surface area contributed by atoms with Gasteiger partial charge in [0.2, 0.25) is 0 Å². The van der Waals surface area contributed by atoms with Crippen LogP contribution in [0, 0.1) is 18.9 Å². The van der Waals surface area contributed by atoms with E-state index in [9.17, 15) is 0 Å². The van der Waals surface area contributed by atoms with E-state index in [-0.39, 0.29) is 20.1 Å². The molecule has 0 spiro atoms. The minimum Gasteiger partial charge on any atom is -0.504 e. The molecule has 0 unspecified atom stereocenters. The number of nitrogens with zero attached hydrogens (tertiary/aromatic N) is 5. The summed E-state index contributed by atoms with van der Waals surface area (Å²) in [5.74, 6) is 0.497. The summed E-state index contributed by atoms with van der Waals surface area (Å²) < 4.78 is 5.21. The van der Waals surface area contributed by atoms with Gasteiger partial charge in [-0.3, -0.25) is 4.98 Å². The van der Waals surface area contributed by atoms with Crippen molar-refractivity contribution in [3.63, 3.8) is 0 Å². The van der Waals surface area contributed by atoms with E-state index in [1.165, 1.54) is 28.1 Å². The Labute approximate surface area is 254 Å². The number of aromatic nitrogens is 3. The predicted molar refractivity (Wildman–Crippen MR) is 160 cm³/mol. The fraction of sp³-hybridized carbons (Fsp3) is 0.118. The van der Waals surface area contributed by atoms with Gasteiger partial charge in [-0.25, -0.2) is 0 Å². The average molecular weight is 715 g/mol. The zero-order valence-electron chi connectivity index (χ0n) is 22.9. The van der Waals surface area contributed by atoms with Gasteiger partial charge >= 0.3 is 20.1 Å². The van der Waals surface area contributed by atoms with Gasteiger partial charge in [0.1, 0.15) is 0 Å². The fourth-order valence-electron chi connectivity index (χ4n) is 4.74. The van der Waals surface area contributed by atoms with Crippen molar-refractivity contribution in [3.05, 3.63) is 128 Å². The van der Waals surface area contributed by atoms with Crippen molar-refractivity contribution in [2.45, 2.75) is 19.8 Å². The Morgan fingerprint density at radius 3 is 2.46 bits per heavy atom. The molecule has 6 aromatic rings. The molecule has 0 aliphatic carbocycles. The number of fused-ring (bicyclic) bond motifs is 2. The van der Waals surface area contributed by atoms with Gasteiger partial charge in [-0.1, -0.05) is 44.3 Å². The molecule has 0 radical (unpaired) electrons. The Bertz CT molecular complexity index is 1740. The first kappa shape index (κ1) is 28.2. The monoisotopic (exact) mass is 715 g/mol. The third-order valence-electron chi connectivity index (χ3n) is 6.89. The number of rotatable bonds is 4. The summed E-state index contributed by atoms with van der Waals surface area (Å²) in [6.07, 6.45) is 8.24. The van der Waals surface area contributed by atoms with E-state index in [0.29, 0.717) is 5.92 Å². The number of benzene rings is 3. The molecule has 3 aromatic heterocycles. The Morgan fingerprint density at radius 1 is 0.854 bits per heavy atom. The molecule has 0 saturated heterocycles. The molecule has 4 heterocycles. The van der Waals surface area contributed by atoms with Crippen LogP contribution < -0.4 is 9.80 Å². The second-order valence-electron chi connectivity index (χ2n) is 9.89. The van der Waals surface area contributed by atoms with Gasteiger partial charge in [0.15, 0.2) is 5.58 Å². The maximum Gasteiger partial charge on any atom is 3.00 e. The van der Waals surface area contributed by atoms with Crippen molar-refractivity contribution in [3.8, 4) is 22.4 Å². The van der Waals surface area contributed by atoms with Crippen molar-refractivity contribution in [1.82, 2.24) is 15.1 Å². The molecule has 7 heteroatoms. The zero-order chi connectivity index (χ0) is 27.5. The van der Waals surface area contributed by atoms with E-state index in [2.05, 4.69) is 95.1 Å². The van der Waals surface area contributed by atoms with E-state index in [4.69, 9.17) is 4.52 Å². The van der Waals surface area contributed by atoms with E-state index in [1.54, 1.807) is 6.20 Å². The van der Waals surface area contributed by atoms with Crippen LogP contribution in [0.1, 0.15) is 25.3 Å². The van der Waals surface area contributed by atoms with Crippen LogP contribution in [0.3, 0.4) is 0 Å². The molecule has 204 valence electrons. The third kappa shape index (κ3) is 5.92. The van der Waals surface area contributed by atoms with E-state index < -0.39 is 0 Å². The summed E-state index contributed by atoms with van der Waals surface area (Å²) >= 11 is 0. The molecule has 1 aliphatic heterocycles. The Morgan fingerprint density at radius 2 is 1.68 bits per heavy atom. The molecular weight excluding hydrogens is 687 g/mol. The largest absolute Gasteiger partial charge is 3.00 e. The quantitative estimate of drug-likeness (QED) is 0.172. The second-order valence-corrected chi connectivity index (χ2v) is 9.89. The number of anilines is 3. The summed E-state index contributed by atoms with van der Waals surface area (Å²) in [6.45, 7) is 6.56. The minimum atomic E-state index is 0. The first-order chi connectivity index (χ1) is 19.6. The van der Waals surface area contributed by atoms with Crippen LogP contribution in [0.25, 0.3) is 33.4 Å². The second kappa shape index (κ2) is 12.5. The maximum absolute atomic E-state index is 5.21. The van der Waals surface area contributed by atoms with Crippen LogP contribution in [0.15, 0.2) is 108 Å². The van der Waals surface area contributed by atoms with E-state index >= 15 is 0 Å². The van der Waals surface area contributed by atoms with Crippen molar-refractivity contribution in [1.29, 1.82) is 0 Å². The summed E-state index contributed by atoms with van der Waals surface area (Å²) in [6, 6.07) is 31.9. The number of para-hydroxylation sites is 1. The Hall–Kier alpha value is -4.32. The van der Waals surface area contributed by atoms with Crippen molar-refractivity contribution in [2.75, 3.05) is 16.8 Å². The zero-order valence-corrected chi connectivity index (χ0v) is 25.3. The summed E-state index contributed by atoms with van der Waals surface area (Å²) in [5, 5.41) is 5.01. The van der Waals surface area contributed by atoms with E-state index in [0.717, 1.165) is 27.9 Å². The predicted octanol–water partition coefficient (Wildman–Crippen LogP) is 8.07. The molecule has 41 heavy (non-hydrogen) atoms. The molecule has 0 atom stereocenters. The normalized spacial score (nSPS) is 12.1. The Kier molecular flexibility index (Phi) is 8.58. The van der Waals surface area contributed by atoms with Crippen LogP contribution in [-0.2, 0) is 20.1 Å². The maximum atomic E-state index is 5.21. The molecule has 0 amide bonds. The first-order valence-corrected chi connectivity index (χ1v) is 13.2. The molecule has 1 aliphatic rings. The smallest absolute Gasteiger partial charge is 0.504 e. The summed E-state index contributed by atoms with van der Waals surface area (Å²) in [7, 11) is 2.08. The van der Waals surface area contributed by atoms with Gasteiger partial charge in [0, 0.05) is 34.8 Å². The van der Waals surface area contributed by atoms with Gasteiger partial charge < -0.3 is 19.3 Å². The van der Waals surface area contributed by atoms with Crippen molar-refractivity contribution < 1.29 is 24.6 Å². The van der Waals surface area contributed by atoms with Gasteiger partial charge in [-0.15, -0.1) is 34.6 Å². The van der Waals surface area contributed by atoms with Gasteiger partial charge in [-0.2, -0.15) is 30.4 Å². The Balaban J connectivity index is 0.000000180. The molecular formula is C34H28IrN5O. The third-order valence-corrected chi connectivity index (χ3v) is 6.89. The van der Waals surface area contributed by atoms with Crippen LogP contribution in [0.2, 0.25) is 0 Å². The summed E-state index contributed by atoms with van der Waals surface area (Å²) in [5.41, 5.74) is 9.55. The van der Waals surface area contributed by atoms with Gasteiger partial charge in [0.25, 0.3) is 0 Å². The SMILES string of the molecule is CC(C)c1cc[c-]c(N2[CH-]N(C)c3ccc(-c4ccncc4)cc32)c1.[Ir+3].[c-]1ncccc1-c1noc2ccccc12. The topological polar surface area (TPSA) is 58.3 Å². The molecule has 0 bridgehead atoms. The summed E-state index contributed by atoms with van der Waals surface area (Å²) in [4.78, 5) is 12.4. The number of pyridine rings is 2. The average Bonchev–Trinajstić information content (AvgIpc) is 3.59. The number of hydrogen-bond donors (Lipinski definition) is 0. The minimum absolute atomic E-state index is 0. The first-order valence-electron chi connectivity index (χ1n) is 13.2. The molecule has 6 nitrogen and oxygen atoms in total.